The van der Waals surface area contributed by atoms with Crippen LogP contribution in [-0.4, -0.2) is 67.2 Å². The maximum absolute atomic E-state index is 12.6. The van der Waals surface area contributed by atoms with E-state index >= 15 is 0 Å². The zero-order valence-electron chi connectivity index (χ0n) is 17.5. The highest BCUT2D eigenvalue weighted by Crippen LogP contribution is 2.09. The summed E-state index contributed by atoms with van der Waals surface area (Å²) in [6, 6.07) is -1.48. The van der Waals surface area contributed by atoms with E-state index in [0.29, 0.717) is 13.0 Å². The van der Waals surface area contributed by atoms with Crippen LogP contribution in [-0.2, 0) is 19.1 Å². The molecule has 0 aromatic rings. The maximum atomic E-state index is 12.6. The molecule has 27 heavy (non-hydrogen) atoms. The lowest BCUT2D eigenvalue weighted by Crippen LogP contribution is -2.51. The van der Waals surface area contributed by atoms with Gasteiger partial charge in [0.1, 0.15) is 12.1 Å². The molecule has 0 aliphatic heterocycles. The van der Waals surface area contributed by atoms with E-state index in [4.69, 9.17) is 9.47 Å². The Labute approximate surface area is 163 Å². The Morgan fingerprint density at radius 3 is 2.15 bits per heavy atom. The standard InChI is InChI=1S/C20H36N2O5/c1-7-9-11-12-13-15-26-19(24)17(4)21(5)18(23)16(3)22(6)20(25)27-14-10-8-2/h8,16-17H,2,7,9-15H2,1,3-6H3. The zero-order chi connectivity index (χ0) is 20.8. The van der Waals surface area contributed by atoms with Gasteiger partial charge in [0.05, 0.1) is 13.2 Å². The van der Waals surface area contributed by atoms with Crippen LogP contribution >= 0.6 is 0 Å². The molecular weight excluding hydrogens is 348 g/mol. The van der Waals surface area contributed by atoms with Gasteiger partial charge in [0.25, 0.3) is 0 Å². The second-order valence-corrected chi connectivity index (χ2v) is 6.69. The molecule has 0 radical (unpaired) electrons. The molecule has 2 amide bonds. The molecule has 0 bridgehead atoms. The number of carbonyl (C=O) groups is 3. The van der Waals surface area contributed by atoms with E-state index in [1.165, 1.54) is 30.3 Å². The first-order valence-electron chi connectivity index (χ1n) is 9.71. The molecule has 0 rings (SSSR count). The summed E-state index contributed by atoms with van der Waals surface area (Å²) in [5.74, 6) is -0.796. The van der Waals surface area contributed by atoms with E-state index in [0.717, 1.165) is 25.7 Å². The zero-order valence-corrected chi connectivity index (χ0v) is 17.5. The molecule has 0 saturated heterocycles. The van der Waals surface area contributed by atoms with Gasteiger partial charge in [0.15, 0.2) is 0 Å². The third-order valence-corrected chi connectivity index (χ3v) is 4.54. The Hall–Kier alpha value is -2.05. The number of esters is 1. The highest BCUT2D eigenvalue weighted by Gasteiger charge is 2.31. The number of hydrogen-bond donors (Lipinski definition) is 0. The van der Waals surface area contributed by atoms with Crippen molar-refractivity contribution in [3.8, 4) is 0 Å². The maximum Gasteiger partial charge on any atom is 0.410 e. The van der Waals surface area contributed by atoms with Gasteiger partial charge < -0.3 is 14.4 Å². The summed E-state index contributed by atoms with van der Waals surface area (Å²) in [6.45, 7) is 9.49. The molecule has 7 nitrogen and oxygen atoms in total. The van der Waals surface area contributed by atoms with Gasteiger partial charge in [0, 0.05) is 14.1 Å². The minimum Gasteiger partial charge on any atom is -0.464 e. The van der Waals surface area contributed by atoms with Gasteiger partial charge in [-0.25, -0.2) is 9.59 Å². The van der Waals surface area contributed by atoms with Crippen LogP contribution in [0.25, 0.3) is 0 Å². The lowest BCUT2D eigenvalue weighted by atomic mass is 10.2. The second kappa shape index (κ2) is 14.1. The molecule has 156 valence electrons. The van der Waals surface area contributed by atoms with Crippen LogP contribution in [0.1, 0.15) is 59.3 Å². The average molecular weight is 385 g/mol. The van der Waals surface area contributed by atoms with E-state index in [1.807, 2.05) is 0 Å². The number of amides is 2. The molecule has 0 aliphatic rings. The van der Waals surface area contributed by atoms with Crippen LogP contribution in [0, 0.1) is 0 Å². The van der Waals surface area contributed by atoms with Gasteiger partial charge in [-0.3, -0.25) is 9.69 Å². The van der Waals surface area contributed by atoms with Crippen molar-refractivity contribution >= 4 is 18.0 Å². The smallest absolute Gasteiger partial charge is 0.410 e. The molecule has 2 atom stereocenters. The lowest BCUT2D eigenvalue weighted by molar-refractivity contribution is -0.154. The minimum absolute atomic E-state index is 0.213. The Morgan fingerprint density at radius 2 is 1.56 bits per heavy atom. The first-order chi connectivity index (χ1) is 12.8. The number of rotatable bonds is 13. The molecule has 2 unspecified atom stereocenters. The Bertz CT molecular complexity index is 481. The largest absolute Gasteiger partial charge is 0.464 e. The molecule has 0 aromatic heterocycles. The number of nitrogens with zero attached hydrogens (tertiary/aromatic N) is 2. The fourth-order valence-corrected chi connectivity index (χ4v) is 2.30. The number of likely N-dealkylation sites (N-methyl/N-ethyl adjacent to an activating group) is 2. The van der Waals surface area contributed by atoms with Crippen molar-refractivity contribution < 1.29 is 23.9 Å². The summed E-state index contributed by atoms with van der Waals surface area (Å²) in [5, 5.41) is 0. The summed E-state index contributed by atoms with van der Waals surface area (Å²) in [5.41, 5.74) is 0. The van der Waals surface area contributed by atoms with Crippen LogP contribution in [0.3, 0.4) is 0 Å². The van der Waals surface area contributed by atoms with E-state index in [-0.39, 0.29) is 12.5 Å². The molecule has 0 aliphatic carbocycles. The second-order valence-electron chi connectivity index (χ2n) is 6.69. The van der Waals surface area contributed by atoms with Crippen molar-refractivity contribution in [2.45, 2.75) is 71.4 Å². The molecule has 0 fully saturated rings. The molecular formula is C20H36N2O5. The van der Waals surface area contributed by atoms with E-state index < -0.39 is 24.1 Å². The summed E-state index contributed by atoms with van der Waals surface area (Å²) >= 11 is 0. The fourth-order valence-electron chi connectivity index (χ4n) is 2.30. The van der Waals surface area contributed by atoms with Gasteiger partial charge >= 0.3 is 12.1 Å². The molecule has 7 heteroatoms. The van der Waals surface area contributed by atoms with Crippen LogP contribution in [0.5, 0.6) is 0 Å². The monoisotopic (exact) mass is 384 g/mol. The van der Waals surface area contributed by atoms with Crippen LogP contribution < -0.4 is 0 Å². The SMILES string of the molecule is C=CCCOC(=O)N(C)C(C)C(=O)N(C)C(C)C(=O)OCCCCCCC. The van der Waals surface area contributed by atoms with Gasteiger partial charge in [-0.15, -0.1) is 6.58 Å². The summed E-state index contributed by atoms with van der Waals surface area (Å²) < 4.78 is 10.3. The predicted molar refractivity (Wildman–Crippen MR) is 105 cm³/mol. The molecule has 0 aromatic carbocycles. The van der Waals surface area contributed by atoms with Gasteiger partial charge in [-0.05, 0) is 26.7 Å². The van der Waals surface area contributed by atoms with Crippen molar-refractivity contribution in [2.24, 2.45) is 0 Å². The van der Waals surface area contributed by atoms with Crippen molar-refractivity contribution in [3.63, 3.8) is 0 Å². The average Bonchev–Trinajstić information content (AvgIpc) is 2.67. The van der Waals surface area contributed by atoms with Gasteiger partial charge in [-0.2, -0.15) is 0 Å². The Kier molecular flexibility index (Phi) is 13.0. The predicted octanol–water partition coefficient (Wildman–Crippen LogP) is 3.38. The number of carbonyl (C=O) groups excluding carboxylic acids is 3. The van der Waals surface area contributed by atoms with Crippen molar-refractivity contribution in [1.82, 2.24) is 9.80 Å². The van der Waals surface area contributed by atoms with Gasteiger partial charge in [-0.1, -0.05) is 38.7 Å². The third kappa shape index (κ3) is 9.45. The number of ether oxygens (including phenoxy) is 2. The third-order valence-electron chi connectivity index (χ3n) is 4.54. The van der Waals surface area contributed by atoms with Gasteiger partial charge in [0.2, 0.25) is 5.91 Å². The number of unbranched alkanes of at least 4 members (excludes halogenated alkanes) is 4. The lowest BCUT2D eigenvalue weighted by Gasteiger charge is -2.30. The number of hydrogen-bond acceptors (Lipinski definition) is 5. The Balaban J connectivity index is 4.43. The molecule has 0 spiro atoms. The summed E-state index contributed by atoms with van der Waals surface area (Å²) in [4.78, 5) is 39.2. The molecule has 0 heterocycles. The van der Waals surface area contributed by atoms with Crippen LogP contribution in [0.2, 0.25) is 0 Å². The summed E-state index contributed by atoms with van der Waals surface area (Å²) in [6.07, 6.45) is 6.94. The van der Waals surface area contributed by atoms with E-state index in [1.54, 1.807) is 19.9 Å². The van der Waals surface area contributed by atoms with Crippen molar-refractivity contribution in [3.05, 3.63) is 12.7 Å². The quantitative estimate of drug-likeness (QED) is 0.276. The molecule has 0 N–H and O–H groups in total. The van der Waals surface area contributed by atoms with Crippen molar-refractivity contribution in [1.29, 1.82) is 0 Å². The van der Waals surface area contributed by atoms with E-state index in [2.05, 4.69) is 13.5 Å². The molecule has 0 saturated carbocycles. The van der Waals surface area contributed by atoms with Crippen molar-refractivity contribution in [2.75, 3.05) is 27.3 Å². The topological polar surface area (TPSA) is 76.2 Å². The fraction of sp³-hybridized carbons (Fsp3) is 0.750. The first-order valence-corrected chi connectivity index (χ1v) is 9.71. The highest BCUT2D eigenvalue weighted by molar-refractivity contribution is 5.89. The highest BCUT2D eigenvalue weighted by atomic mass is 16.6. The van der Waals surface area contributed by atoms with Crippen LogP contribution in [0.15, 0.2) is 12.7 Å². The van der Waals surface area contributed by atoms with E-state index in [9.17, 15) is 14.4 Å². The normalized spacial score (nSPS) is 12.6. The minimum atomic E-state index is -0.754. The first kappa shape index (κ1) is 24.9. The van der Waals surface area contributed by atoms with Crippen LogP contribution in [0.4, 0.5) is 4.79 Å². The Morgan fingerprint density at radius 1 is 0.926 bits per heavy atom. The summed E-state index contributed by atoms with van der Waals surface area (Å²) in [7, 11) is 3.02.